The van der Waals surface area contributed by atoms with Gasteiger partial charge in [-0.2, -0.15) is 0 Å². The average molecular weight is 318 g/mol. The van der Waals surface area contributed by atoms with Crippen LogP contribution < -0.4 is 5.32 Å². The van der Waals surface area contributed by atoms with Gasteiger partial charge in [0.1, 0.15) is 4.88 Å². The minimum Gasteiger partial charge on any atom is -0.349 e. The number of unbranched alkanes of at least 4 members (excludes halogenated alkanes) is 2. The fraction of sp³-hybridized carbons (Fsp3) is 0.500. The van der Waals surface area contributed by atoms with Gasteiger partial charge < -0.3 is 5.32 Å². The summed E-state index contributed by atoms with van der Waals surface area (Å²) in [4.78, 5) is 25.8. The molecule has 6 heteroatoms. The van der Waals surface area contributed by atoms with Crippen molar-refractivity contribution >= 4 is 17.2 Å². The van der Waals surface area contributed by atoms with Crippen LogP contribution in [0.15, 0.2) is 18.5 Å². The van der Waals surface area contributed by atoms with E-state index in [-0.39, 0.29) is 11.9 Å². The van der Waals surface area contributed by atoms with Crippen molar-refractivity contribution in [3.05, 3.63) is 29.0 Å². The number of hydrogen-bond donors (Lipinski definition) is 1. The predicted octanol–water partition coefficient (Wildman–Crippen LogP) is 3.61. The van der Waals surface area contributed by atoms with Gasteiger partial charge in [0, 0.05) is 18.4 Å². The molecule has 0 aliphatic rings. The molecule has 0 bridgehead atoms. The van der Waals surface area contributed by atoms with Crippen LogP contribution in [0, 0.1) is 6.92 Å². The number of amides is 1. The highest BCUT2D eigenvalue weighted by Gasteiger charge is 2.18. The second-order valence-corrected chi connectivity index (χ2v) is 6.38. The first-order valence-corrected chi connectivity index (χ1v) is 8.49. The highest BCUT2D eigenvalue weighted by molar-refractivity contribution is 7.17. The molecule has 22 heavy (non-hydrogen) atoms. The topological polar surface area (TPSA) is 67.8 Å². The van der Waals surface area contributed by atoms with Gasteiger partial charge in [0.2, 0.25) is 0 Å². The Bertz CT molecular complexity index is 612. The Morgan fingerprint density at radius 3 is 2.73 bits per heavy atom. The van der Waals surface area contributed by atoms with Crippen LogP contribution in [0.4, 0.5) is 0 Å². The van der Waals surface area contributed by atoms with Gasteiger partial charge >= 0.3 is 0 Å². The molecule has 0 radical (unpaired) electrons. The average Bonchev–Trinajstić information content (AvgIpc) is 2.90. The lowest BCUT2D eigenvalue weighted by atomic mass is 10.1. The number of nitrogens with zero attached hydrogens (tertiary/aromatic N) is 3. The first kappa shape index (κ1) is 16.5. The molecule has 0 spiro atoms. The molecule has 118 valence electrons. The normalized spacial score (nSPS) is 12.1. The number of carbonyl (C=O) groups excluding carboxylic acids is 1. The molecule has 1 N–H and O–H groups in total. The lowest BCUT2D eigenvalue weighted by Crippen LogP contribution is -2.32. The number of nitrogens with one attached hydrogen (secondary N) is 1. The summed E-state index contributed by atoms with van der Waals surface area (Å²) >= 11 is 1.34. The molecule has 2 aromatic rings. The minimum atomic E-state index is -0.0545. The zero-order valence-electron chi connectivity index (χ0n) is 13.3. The van der Waals surface area contributed by atoms with Crippen LogP contribution in [0.25, 0.3) is 10.8 Å². The van der Waals surface area contributed by atoms with E-state index in [2.05, 4.69) is 27.2 Å². The molecule has 0 saturated heterocycles. The summed E-state index contributed by atoms with van der Waals surface area (Å²) in [6, 6.07) is 1.94. The number of thiazole rings is 1. The fourth-order valence-electron chi connectivity index (χ4n) is 2.17. The Balaban J connectivity index is 2.03. The van der Waals surface area contributed by atoms with Crippen LogP contribution in [-0.2, 0) is 0 Å². The van der Waals surface area contributed by atoms with Crippen LogP contribution >= 0.6 is 11.3 Å². The third-order valence-electron chi connectivity index (χ3n) is 3.38. The van der Waals surface area contributed by atoms with Gasteiger partial charge in [0.25, 0.3) is 5.91 Å². The van der Waals surface area contributed by atoms with E-state index < -0.39 is 0 Å². The highest BCUT2D eigenvalue weighted by atomic mass is 32.1. The summed E-state index contributed by atoms with van der Waals surface area (Å²) in [5.41, 5.74) is 0.728. The number of carbonyl (C=O) groups is 1. The van der Waals surface area contributed by atoms with Crippen LogP contribution in [0.5, 0.6) is 0 Å². The van der Waals surface area contributed by atoms with Crippen molar-refractivity contribution in [2.45, 2.75) is 52.5 Å². The molecule has 2 rings (SSSR count). The molecule has 2 aromatic heterocycles. The van der Waals surface area contributed by atoms with Crippen LogP contribution in [0.3, 0.4) is 0 Å². The van der Waals surface area contributed by atoms with Gasteiger partial charge in [-0.1, -0.05) is 26.2 Å². The summed E-state index contributed by atoms with van der Waals surface area (Å²) < 4.78 is 0. The smallest absolute Gasteiger partial charge is 0.263 e. The molecule has 5 nitrogen and oxygen atoms in total. The molecule has 0 aliphatic heterocycles. The second-order valence-electron chi connectivity index (χ2n) is 5.38. The van der Waals surface area contributed by atoms with E-state index in [4.69, 9.17) is 0 Å². The van der Waals surface area contributed by atoms with Crippen molar-refractivity contribution in [2.24, 2.45) is 0 Å². The summed E-state index contributed by atoms with van der Waals surface area (Å²) in [6.45, 7) is 6.07. The van der Waals surface area contributed by atoms with Crippen LogP contribution in [0.1, 0.15) is 54.9 Å². The Labute approximate surface area is 135 Å². The SMILES string of the molecule is CCCCCC(C)NC(=O)c1sc(-c2ncccn2)nc1C. The van der Waals surface area contributed by atoms with Crippen LogP contribution in [-0.4, -0.2) is 26.9 Å². The molecule has 1 unspecified atom stereocenters. The minimum absolute atomic E-state index is 0.0545. The Morgan fingerprint density at radius 2 is 2.05 bits per heavy atom. The van der Waals surface area contributed by atoms with E-state index >= 15 is 0 Å². The molecule has 0 aromatic carbocycles. The van der Waals surface area contributed by atoms with Crippen molar-refractivity contribution in [1.29, 1.82) is 0 Å². The summed E-state index contributed by atoms with van der Waals surface area (Å²) in [5.74, 6) is 0.506. The van der Waals surface area contributed by atoms with E-state index in [0.29, 0.717) is 15.7 Å². The number of hydrogen-bond acceptors (Lipinski definition) is 5. The van der Waals surface area contributed by atoms with Gasteiger partial charge in [-0.25, -0.2) is 15.0 Å². The van der Waals surface area contributed by atoms with E-state index in [0.717, 1.165) is 18.5 Å². The van der Waals surface area contributed by atoms with Crippen molar-refractivity contribution < 1.29 is 4.79 Å². The maximum absolute atomic E-state index is 12.4. The molecule has 1 amide bonds. The fourth-order valence-corrected chi connectivity index (χ4v) is 3.09. The first-order valence-electron chi connectivity index (χ1n) is 7.67. The maximum atomic E-state index is 12.4. The lowest BCUT2D eigenvalue weighted by Gasteiger charge is -2.12. The zero-order chi connectivity index (χ0) is 15.9. The molecular weight excluding hydrogens is 296 g/mol. The van der Waals surface area contributed by atoms with Gasteiger partial charge in [-0.3, -0.25) is 4.79 Å². The summed E-state index contributed by atoms with van der Waals surface area (Å²) in [7, 11) is 0. The monoisotopic (exact) mass is 318 g/mol. The lowest BCUT2D eigenvalue weighted by molar-refractivity contribution is 0.0941. The standard InChI is InChI=1S/C16H22N4OS/c1-4-5-6-8-11(2)19-15(21)13-12(3)20-16(22-13)14-17-9-7-10-18-14/h7,9-11H,4-6,8H2,1-3H3,(H,19,21). The Morgan fingerprint density at radius 1 is 1.32 bits per heavy atom. The largest absolute Gasteiger partial charge is 0.349 e. The van der Waals surface area contributed by atoms with Crippen molar-refractivity contribution in [2.75, 3.05) is 0 Å². The molecule has 0 fully saturated rings. The second kappa shape index (κ2) is 7.98. The van der Waals surface area contributed by atoms with Gasteiger partial charge in [0.15, 0.2) is 10.8 Å². The van der Waals surface area contributed by atoms with E-state index in [1.807, 2.05) is 13.8 Å². The van der Waals surface area contributed by atoms with Gasteiger partial charge in [-0.05, 0) is 26.3 Å². The third-order valence-corrected chi connectivity index (χ3v) is 4.53. The molecule has 0 aliphatic carbocycles. The Kier molecular flexibility index (Phi) is 6.00. The van der Waals surface area contributed by atoms with Gasteiger partial charge in [-0.15, -0.1) is 11.3 Å². The third kappa shape index (κ3) is 4.34. The van der Waals surface area contributed by atoms with E-state index in [1.165, 1.54) is 24.2 Å². The maximum Gasteiger partial charge on any atom is 0.263 e. The Hall–Kier alpha value is -1.82. The van der Waals surface area contributed by atoms with Crippen LogP contribution in [0.2, 0.25) is 0 Å². The van der Waals surface area contributed by atoms with Crippen molar-refractivity contribution in [3.63, 3.8) is 0 Å². The molecule has 2 heterocycles. The molecule has 0 saturated carbocycles. The van der Waals surface area contributed by atoms with Crippen molar-refractivity contribution in [3.8, 4) is 10.8 Å². The molecular formula is C16H22N4OS. The quantitative estimate of drug-likeness (QED) is 0.792. The first-order chi connectivity index (χ1) is 10.6. The number of aryl methyl sites for hydroxylation is 1. The highest BCUT2D eigenvalue weighted by Crippen LogP contribution is 2.25. The zero-order valence-corrected chi connectivity index (χ0v) is 14.1. The van der Waals surface area contributed by atoms with Gasteiger partial charge in [0.05, 0.1) is 5.69 Å². The number of rotatable bonds is 7. The van der Waals surface area contributed by atoms with E-state index in [1.54, 1.807) is 18.5 Å². The predicted molar refractivity (Wildman–Crippen MR) is 88.9 cm³/mol. The van der Waals surface area contributed by atoms with Crippen molar-refractivity contribution in [1.82, 2.24) is 20.3 Å². The number of aromatic nitrogens is 3. The molecule has 1 atom stereocenters. The summed E-state index contributed by atoms with van der Waals surface area (Å²) in [6.07, 6.45) is 7.89. The summed E-state index contributed by atoms with van der Waals surface area (Å²) in [5, 5.41) is 3.73. The van der Waals surface area contributed by atoms with E-state index in [9.17, 15) is 4.79 Å².